The molecule has 2 rings (SSSR count). The molecule has 1 aliphatic heterocycles. The van der Waals surface area contributed by atoms with Crippen LogP contribution < -0.4 is 0 Å². The maximum Gasteiger partial charge on any atom is 0.261 e. The molecule has 4 heteroatoms. The lowest BCUT2D eigenvalue weighted by Crippen LogP contribution is -2.36. The van der Waals surface area contributed by atoms with E-state index in [9.17, 15) is 9.59 Å². The Morgan fingerprint density at radius 1 is 1.04 bits per heavy atom. The number of carbonyl (C=O) groups is 2. The largest absolute Gasteiger partial charge is 0.375 e. The number of nitrogens with zero attached hydrogens (tertiary/aromatic N) is 1. The Bertz CT molecular complexity index is 606. The first-order valence-corrected chi connectivity index (χ1v) is 8.74. The van der Waals surface area contributed by atoms with E-state index in [1.54, 1.807) is 0 Å². The van der Waals surface area contributed by atoms with Gasteiger partial charge in [-0.05, 0) is 57.6 Å². The van der Waals surface area contributed by atoms with Gasteiger partial charge >= 0.3 is 0 Å². The summed E-state index contributed by atoms with van der Waals surface area (Å²) >= 11 is 0. The first-order valence-electron chi connectivity index (χ1n) is 8.74. The number of amides is 2. The van der Waals surface area contributed by atoms with Crippen molar-refractivity contribution < 1.29 is 14.3 Å². The van der Waals surface area contributed by atoms with Gasteiger partial charge in [0.1, 0.15) is 0 Å². The van der Waals surface area contributed by atoms with Crippen LogP contribution in [-0.2, 0) is 4.74 Å². The molecule has 2 amide bonds. The van der Waals surface area contributed by atoms with Crippen LogP contribution in [0.3, 0.4) is 0 Å². The fourth-order valence-corrected chi connectivity index (χ4v) is 2.95. The minimum atomic E-state index is -0.353. The molecular weight excluding hydrogens is 302 g/mol. The molecule has 0 aromatic heterocycles. The van der Waals surface area contributed by atoms with Crippen molar-refractivity contribution in [2.45, 2.75) is 60.0 Å². The Morgan fingerprint density at radius 2 is 1.54 bits per heavy atom. The second kappa shape index (κ2) is 7.06. The molecule has 0 atom stereocenters. The van der Waals surface area contributed by atoms with Crippen molar-refractivity contribution in [1.29, 1.82) is 0 Å². The number of benzene rings is 1. The summed E-state index contributed by atoms with van der Waals surface area (Å²) in [5, 5.41) is 0. The number of imide groups is 1. The summed E-state index contributed by atoms with van der Waals surface area (Å²) in [7, 11) is 0. The molecule has 0 saturated carbocycles. The standard InChI is InChI=1S/C20H29NO3/c1-13(2)9-12-24-20(5,6)10-11-21-18(22)16-14(3)7-8-15(4)17(16)19(21)23/h7-8,13H,9-12H2,1-6H3. The van der Waals surface area contributed by atoms with E-state index in [1.165, 1.54) is 4.90 Å². The van der Waals surface area contributed by atoms with Crippen molar-refractivity contribution in [2.75, 3.05) is 13.2 Å². The van der Waals surface area contributed by atoms with Crippen molar-refractivity contribution in [3.63, 3.8) is 0 Å². The summed E-state index contributed by atoms with van der Waals surface area (Å²) in [6.45, 7) is 13.2. The Hall–Kier alpha value is -1.68. The van der Waals surface area contributed by atoms with Crippen molar-refractivity contribution in [1.82, 2.24) is 4.90 Å². The molecule has 1 aromatic rings. The van der Waals surface area contributed by atoms with Crippen LogP contribution in [0.5, 0.6) is 0 Å². The Labute approximate surface area is 145 Å². The number of hydrogen-bond donors (Lipinski definition) is 0. The predicted molar refractivity (Wildman–Crippen MR) is 95.4 cm³/mol. The first-order chi connectivity index (χ1) is 11.1. The van der Waals surface area contributed by atoms with E-state index in [-0.39, 0.29) is 17.4 Å². The summed E-state index contributed by atoms with van der Waals surface area (Å²) in [5.74, 6) is 0.256. The Balaban J connectivity index is 2.04. The van der Waals surface area contributed by atoms with Crippen LogP contribution in [0.25, 0.3) is 0 Å². The van der Waals surface area contributed by atoms with Crippen LogP contribution in [0.4, 0.5) is 0 Å². The molecular formula is C20H29NO3. The van der Waals surface area contributed by atoms with E-state index in [1.807, 2.05) is 39.8 Å². The molecule has 24 heavy (non-hydrogen) atoms. The van der Waals surface area contributed by atoms with Gasteiger partial charge in [0.2, 0.25) is 0 Å². The van der Waals surface area contributed by atoms with Gasteiger partial charge in [-0.15, -0.1) is 0 Å². The molecule has 0 unspecified atom stereocenters. The highest BCUT2D eigenvalue weighted by Crippen LogP contribution is 2.29. The SMILES string of the molecule is Cc1ccc(C)c2c1C(=O)N(CCC(C)(C)OCCC(C)C)C2=O. The molecule has 1 aromatic carbocycles. The van der Waals surface area contributed by atoms with E-state index in [2.05, 4.69) is 13.8 Å². The number of aryl methyl sites for hydroxylation is 2. The number of fused-ring (bicyclic) bond motifs is 1. The van der Waals surface area contributed by atoms with Crippen LogP contribution in [-0.4, -0.2) is 35.5 Å². The maximum absolute atomic E-state index is 12.7. The third kappa shape index (κ3) is 3.86. The van der Waals surface area contributed by atoms with Crippen LogP contribution >= 0.6 is 0 Å². The van der Waals surface area contributed by atoms with E-state index in [0.29, 0.717) is 36.6 Å². The van der Waals surface area contributed by atoms with Crippen molar-refractivity contribution in [2.24, 2.45) is 5.92 Å². The average Bonchev–Trinajstić information content (AvgIpc) is 2.73. The third-order valence-corrected chi connectivity index (χ3v) is 4.67. The van der Waals surface area contributed by atoms with Crippen molar-refractivity contribution in [3.8, 4) is 0 Å². The highest BCUT2D eigenvalue weighted by Gasteiger charge is 2.38. The molecule has 4 nitrogen and oxygen atoms in total. The van der Waals surface area contributed by atoms with Crippen LogP contribution in [0, 0.1) is 19.8 Å². The van der Waals surface area contributed by atoms with Crippen molar-refractivity contribution >= 4 is 11.8 Å². The van der Waals surface area contributed by atoms with Gasteiger partial charge in [-0.3, -0.25) is 14.5 Å². The van der Waals surface area contributed by atoms with E-state index in [0.717, 1.165) is 17.5 Å². The fourth-order valence-electron chi connectivity index (χ4n) is 2.95. The lowest BCUT2D eigenvalue weighted by atomic mass is 9.99. The summed E-state index contributed by atoms with van der Waals surface area (Å²) in [4.78, 5) is 26.7. The molecule has 0 bridgehead atoms. The zero-order valence-electron chi connectivity index (χ0n) is 15.7. The molecule has 1 heterocycles. The lowest BCUT2D eigenvalue weighted by molar-refractivity contribution is -0.0307. The second-order valence-electron chi connectivity index (χ2n) is 7.75. The van der Waals surface area contributed by atoms with E-state index >= 15 is 0 Å². The second-order valence-corrected chi connectivity index (χ2v) is 7.75. The molecule has 0 N–H and O–H groups in total. The van der Waals surface area contributed by atoms with Gasteiger partial charge in [-0.1, -0.05) is 26.0 Å². The van der Waals surface area contributed by atoms with E-state index in [4.69, 9.17) is 4.74 Å². The molecule has 0 aliphatic carbocycles. The molecule has 0 spiro atoms. The Morgan fingerprint density at radius 3 is 2.00 bits per heavy atom. The predicted octanol–water partition coefficient (Wildman–Crippen LogP) is 4.13. The van der Waals surface area contributed by atoms with Gasteiger partial charge in [0.05, 0.1) is 16.7 Å². The summed E-state index contributed by atoms with van der Waals surface area (Å²) < 4.78 is 5.95. The minimum Gasteiger partial charge on any atom is -0.375 e. The van der Waals surface area contributed by atoms with Gasteiger partial charge in [0.25, 0.3) is 11.8 Å². The molecule has 132 valence electrons. The fraction of sp³-hybridized carbons (Fsp3) is 0.600. The highest BCUT2D eigenvalue weighted by atomic mass is 16.5. The summed E-state index contributed by atoms with van der Waals surface area (Å²) in [5.41, 5.74) is 2.51. The van der Waals surface area contributed by atoms with Gasteiger partial charge < -0.3 is 4.74 Å². The smallest absolute Gasteiger partial charge is 0.261 e. The summed E-state index contributed by atoms with van der Waals surface area (Å²) in [6, 6.07) is 3.81. The van der Waals surface area contributed by atoms with Crippen LogP contribution in [0.15, 0.2) is 12.1 Å². The monoisotopic (exact) mass is 331 g/mol. The summed E-state index contributed by atoms with van der Waals surface area (Å²) in [6.07, 6.45) is 1.64. The van der Waals surface area contributed by atoms with Gasteiger partial charge in [-0.25, -0.2) is 0 Å². The van der Waals surface area contributed by atoms with Gasteiger partial charge in [-0.2, -0.15) is 0 Å². The first kappa shape index (κ1) is 18.7. The van der Waals surface area contributed by atoms with Crippen LogP contribution in [0.2, 0.25) is 0 Å². The van der Waals surface area contributed by atoms with Crippen LogP contribution in [0.1, 0.15) is 72.4 Å². The quantitative estimate of drug-likeness (QED) is 0.706. The maximum atomic E-state index is 12.7. The highest BCUT2D eigenvalue weighted by molar-refractivity contribution is 6.22. The normalized spacial score (nSPS) is 14.7. The molecule has 0 saturated heterocycles. The third-order valence-electron chi connectivity index (χ3n) is 4.67. The van der Waals surface area contributed by atoms with Gasteiger partial charge in [0.15, 0.2) is 0 Å². The average molecular weight is 331 g/mol. The van der Waals surface area contributed by atoms with Gasteiger partial charge in [0, 0.05) is 13.2 Å². The number of hydrogen-bond acceptors (Lipinski definition) is 3. The molecule has 1 aliphatic rings. The lowest BCUT2D eigenvalue weighted by Gasteiger charge is -2.27. The number of ether oxygens (including phenoxy) is 1. The number of carbonyl (C=O) groups excluding carboxylic acids is 2. The minimum absolute atomic E-state index is 0.172. The molecule has 0 radical (unpaired) electrons. The Kier molecular flexibility index (Phi) is 5.49. The molecule has 0 fully saturated rings. The topological polar surface area (TPSA) is 46.6 Å². The van der Waals surface area contributed by atoms with E-state index < -0.39 is 0 Å². The zero-order chi connectivity index (χ0) is 18.1. The van der Waals surface area contributed by atoms with Crippen molar-refractivity contribution in [3.05, 3.63) is 34.4 Å². The number of rotatable bonds is 7. The zero-order valence-corrected chi connectivity index (χ0v) is 15.7.